The molecule has 0 radical (unpaired) electrons. The summed E-state index contributed by atoms with van der Waals surface area (Å²) in [6, 6.07) is 14.1. The lowest BCUT2D eigenvalue weighted by atomic mass is 9.52. The standard InChI is InChI=1S/C37H31ClFIN2O7/c1-37-25(12-4-18-14-29(48-2)32(43)30(15-18)49-3)22-10-11-23-31(35(46)41(33(23)44)20-7-5-19(40)6-8-20)24(22)17-26(37)34(45)42(36(37)47)21-9-13-28(39)27(38)16-21/h4-10,12-16,23-26,31,43H,11,17H2,1-3H3. The van der Waals surface area contributed by atoms with E-state index in [1.165, 1.54) is 31.3 Å². The number of anilines is 2. The summed E-state index contributed by atoms with van der Waals surface area (Å²) in [6.45, 7) is 1.75. The van der Waals surface area contributed by atoms with Crippen molar-refractivity contribution in [2.24, 2.45) is 35.0 Å². The third-order valence-electron chi connectivity index (χ3n) is 10.6. The highest BCUT2D eigenvalue weighted by Gasteiger charge is 2.67. The molecule has 252 valence electrons. The van der Waals surface area contributed by atoms with Gasteiger partial charge in [-0.15, -0.1) is 0 Å². The van der Waals surface area contributed by atoms with Crippen LogP contribution in [0.5, 0.6) is 17.2 Å². The molecular formula is C37H31ClFIN2O7. The first-order valence-corrected chi connectivity index (χ1v) is 17.2. The van der Waals surface area contributed by atoms with Crippen molar-refractivity contribution in [3.05, 3.63) is 92.3 Å². The lowest BCUT2D eigenvalue weighted by molar-refractivity contribution is -0.132. The van der Waals surface area contributed by atoms with Gasteiger partial charge in [-0.25, -0.2) is 9.29 Å². The third kappa shape index (κ3) is 5.07. The number of halogens is 3. The Morgan fingerprint density at radius 1 is 0.918 bits per heavy atom. The molecule has 4 amide bonds. The number of fused-ring (bicyclic) bond motifs is 4. The molecule has 3 fully saturated rings. The first-order valence-electron chi connectivity index (χ1n) is 15.7. The number of hydrogen-bond acceptors (Lipinski definition) is 7. The highest BCUT2D eigenvalue weighted by atomic mass is 127. The lowest BCUT2D eigenvalue weighted by Crippen LogP contribution is -2.49. The summed E-state index contributed by atoms with van der Waals surface area (Å²) in [6.07, 6.45) is 6.03. The number of benzene rings is 3. The summed E-state index contributed by atoms with van der Waals surface area (Å²) in [7, 11) is 2.84. The van der Waals surface area contributed by atoms with Crippen molar-refractivity contribution in [3.8, 4) is 17.2 Å². The minimum Gasteiger partial charge on any atom is -0.502 e. The molecular weight excluding hydrogens is 766 g/mol. The Balaban J connectivity index is 1.34. The molecule has 4 aliphatic rings. The summed E-state index contributed by atoms with van der Waals surface area (Å²) < 4.78 is 25.8. The Kier molecular flexibility index (Phi) is 8.33. The van der Waals surface area contributed by atoms with Crippen LogP contribution in [0.4, 0.5) is 15.8 Å². The zero-order chi connectivity index (χ0) is 34.9. The van der Waals surface area contributed by atoms with Crippen molar-refractivity contribution >= 4 is 75.3 Å². The summed E-state index contributed by atoms with van der Waals surface area (Å²) in [5.41, 5.74) is 0.749. The minimum absolute atomic E-state index is 0.152. The quantitative estimate of drug-likeness (QED) is 0.166. The molecule has 2 aliphatic carbocycles. The van der Waals surface area contributed by atoms with Gasteiger partial charge in [0.05, 0.1) is 53.8 Å². The van der Waals surface area contributed by atoms with Gasteiger partial charge in [0.1, 0.15) is 5.82 Å². The molecule has 49 heavy (non-hydrogen) atoms. The fourth-order valence-corrected chi connectivity index (χ4v) is 8.69. The van der Waals surface area contributed by atoms with Gasteiger partial charge in [0, 0.05) is 9.49 Å². The predicted molar refractivity (Wildman–Crippen MR) is 189 cm³/mol. The van der Waals surface area contributed by atoms with E-state index in [0.717, 1.165) is 20.1 Å². The van der Waals surface area contributed by atoms with Crippen molar-refractivity contribution in [3.63, 3.8) is 0 Å². The molecule has 0 bridgehead atoms. The minimum atomic E-state index is -1.30. The molecule has 1 saturated carbocycles. The number of nitrogens with zero attached hydrogens (tertiary/aromatic N) is 2. The maximum Gasteiger partial charge on any atom is 0.241 e. The topological polar surface area (TPSA) is 113 Å². The number of rotatable bonds is 6. The fourth-order valence-electron chi connectivity index (χ4n) is 8.15. The Morgan fingerprint density at radius 2 is 1.57 bits per heavy atom. The van der Waals surface area contributed by atoms with Crippen LogP contribution >= 0.6 is 34.2 Å². The Labute approximate surface area is 300 Å². The van der Waals surface area contributed by atoms with Crippen LogP contribution in [0, 0.1) is 44.4 Å². The summed E-state index contributed by atoms with van der Waals surface area (Å²) in [5, 5.41) is 10.2. The first kappa shape index (κ1) is 33.3. The number of carbonyl (C=O) groups is 4. The van der Waals surface area contributed by atoms with Crippen molar-refractivity contribution in [2.75, 3.05) is 24.0 Å². The number of imide groups is 2. The zero-order valence-corrected chi connectivity index (χ0v) is 29.6. The van der Waals surface area contributed by atoms with E-state index in [2.05, 4.69) is 22.6 Å². The maximum atomic E-state index is 14.5. The smallest absolute Gasteiger partial charge is 0.241 e. The average molecular weight is 797 g/mol. The molecule has 12 heteroatoms. The van der Waals surface area contributed by atoms with Crippen molar-refractivity contribution in [1.29, 1.82) is 0 Å². The zero-order valence-electron chi connectivity index (χ0n) is 26.7. The molecule has 9 nitrogen and oxygen atoms in total. The molecule has 2 saturated heterocycles. The van der Waals surface area contributed by atoms with E-state index in [-0.39, 0.29) is 46.2 Å². The van der Waals surface area contributed by atoms with Gasteiger partial charge in [0.25, 0.3) is 0 Å². The highest BCUT2D eigenvalue weighted by molar-refractivity contribution is 14.1. The van der Waals surface area contributed by atoms with Crippen molar-refractivity contribution < 1.29 is 38.1 Å². The number of ether oxygens (including phenoxy) is 2. The molecule has 0 spiro atoms. The van der Waals surface area contributed by atoms with Crippen LogP contribution in [0.15, 0.2) is 72.3 Å². The highest BCUT2D eigenvalue weighted by Crippen LogP contribution is 2.61. The number of methoxy groups -OCH3 is 2. The molecule has 0 aromatic heterocycles. The van der Waals surface area contributed by atoms with E-state index in [1.807, 2.05) is 24.3 Å². The van der Waals surface area contributed by atoms with E-state index >= 15 is 0 Å². The maximum absolute atomic E-state index is 14.5. The van der Waals surface area contributed by atoms with E-state index in [9.17, 15) is 28.7 Å². The van der Waals surface area contributed by atoms with E-state index in [0.29, 0.717) is 17.7 Å². The van der Waals surface area contributed by atoms with Crippen LogP contribution in [0.2, 0.25) is 5.02 Å². The molecule has 2 aliphatic heterocycles. The Hall–Kier alpha value is -4.23. The molecule has 2 heterocycles. The van der Waals surface area contributed by atoms with Crippen LogP contribution < -0.4 is 19.3 Å². The second-order valence-corrected chi connectivity index (χ2v) is 14.6. The normalized spacial score (nSPS) is 27.7. The van der Waals surface area contributed by atoms with Crippen molar-refractivity contribution in [2.45, 2.75) is 19.8 Å². The van der Waals surface area contributed by atoms with Gasteiger partial charge < -0.3 is 14.6 Å². The molecule has 6 atom stereocenters. The van der Waals surface area contributed by atoms with Gasteiger partial charge >= 0.3 is 0 Å². The van der Waals surface area contributed by atoms with Crippen LogP contribution in [-0.2, 0) is 19.2 Å². The summed E-state index contributed by atoms with van der Waals surface area (Å²) >= 11 is 8.25. The third-order valence-corrected chi connectivity index (χ3v) is 11.6. The van der Waals surface area contributed by atoms with Gasteiger partial charge in [-0.3, -0.25) is 24.1 Å². The van der Waals surface area contributed by atoms with Crippen LogP contribution in [-0.4, -0.2) is 43.0 Å². The second kappa shape index (κ2) is 12.3. The molecule has 6 unspecified atom stereocenters. The number of aromatic hydroxyl groups is 1. The van der Waals surface area contributed by atoms with Crippen LogP contribution in [0.1, 0.15) is 25.3 Å². The van der Waals surface area contributed by atoms with Gasteiger partial charge in [0.2, 0.25) is 29.4 Å². The molecule has 7 rings (SSSR count). The number of hydrogen-bond donors (Lipinski definition) is 1. The molecule has 3 aromatic rings. The van der Waals surface area contributed by atoms with E-state index in [4.69, 9.17) is 21.1 Å². The van der Waals surface area contributed by atoms with Crippen LogP contribution in [0.25, 0.3) is 6.08 Å². The lowest BCUT2D eigenvalue weighted by Gasteiger charge is -2.47. The number of phenols is 1. The number of allylic oxidation sites excluding steroid dienone is 3. The Morgan fingerprint density at radius 3 is 2.20 bits per heavy atom. The molecule has 1 N–H and O–H groups in total. The summed E-state index contributed by atoms with van der Waals surface area (Å²) in [5.74, 6) is -5.43. The summed E-state index contributed by atoms with van der Waals surface area (Å²) in [4.78, 5) is 59.2. The van der Waals surface area contributed by atoms with E-state index in [1.54, 1.807) is 37.3 Å². The molecule has 3 aromatic carbocycles. The first-order chi connectivity index (χ1) is 23.4. The number of phenolic OH excluding ortho intramolecular Hbond substituents is 1. The van der Waals surface area contributed by atoms with Gasteiger partial charge in [0.15, 0.2) is 11.5 Å². The SMILES string of the molecule is COc1cc(C=CC2C3=CCC4C(=O)N(c5ccc(I)cc5)C(=O)C4C3CC3C(=O)N(c4ccc(F)c(Cl)c4)C(=O)C23C)cc(OC)c1O. The number of carbonyl (C=O) groups excluding carboxylic acids is 4. The Bertz CT molecular complexity index is 1970. The predicted octanol–water partition coefficient (Wildman–Crippen LogP) is 6.79. The fraction of sp³-hybridized carbons (Fsp3) is 0.297. The average Bonchev–Trinajstić information content (AvgIpc) is 3.46. The van der Waals surface area contributed by atoms with Crippen LogP contribution in [0.3, 0.4) is 0 Å². The largest absolute Gasteiger partial charge is 0.502 e. The second-order valence-electron chi connectivity index (χ2n) is 12.9. The van der Waals surface area contributed by atoms with Gasteiger partial charge in [-0.05, 0) is 108 Å². The van der Waals surface area contributed by atoms with Crippen molar-refractivity contribution in [1.82, 2.24) is 0 Å². The monoisotopic (exact) mass is 796 g/mol. The van der Waals surface area contributed by atoms with Gasteiger partial charge in [-0.2, -0.15) is 0 Å². The van der Waals surface area contributed by atoms with E-state index < -0.39 is 52.6 Å². The number of amides is 4. The van der Waals surface area contributed by atoms with Gasteiger partial charge in [-0.1, -0.05) is 35.4 Å².